The van der Waals surface area contributed by atoms with Crippen LogP contribution in [-0.2, 0) is 16.1 Å². The molecule has 1 aliphatic rings. The smallest absolute Gasteiger partial charge is 0.247 e. The third kappa shape index (κ3) is 4.44. The third-order valence-electron chi connectivity index (χ3n) is 6.60. The highest BCUT2D eigenvalue weighted by Gasteiger charge is 2.35. The van der Waals surface area contributed by atoms with Crippen molar-refractivity contribution in [2.75, 3.05) is 16.3 Å². The van der Waals surface area contributed by atoms with E-state index in [1.54, 1.807) is 0 Å². The van der Waals surface area contributed by atoms with Crippen molar-refractivity contribution in [2.45, 2.75) is 45.7 Å². The molecule has 0 bridgehead atoms. The monoisotopic (exact) mass is 466 g/mol. The number of rotatable bonds is 6. The van der Waals surface area contributed by atoms with Crippen molar-refractivity contribution in [2.24, 2.45) is 0 Å². The van der Waals surface area contributed by atoms with Crippen molar-refractivity contribution in [1.82, 2.24) is 9.55 Å². The van der Waals surface area contributed by atoms with E-state index in [9.17, 15) is 9.59 Å². The van der Waals surface area contributed by atoms with E-state index in [2.05, 4.69) is 0 Å². The molecule has 178 valence electrons. The summed E-state index contributed by atoms with van der Waals surface area (Å²) >= 11 is 0. The molecule has 4 aromatic rings. The number of carbonyl (C=O) groups excluding carboxylic acids is 2. The molecular weight excluding hydrogens is 436 g/mol. The minimum Gasteiger partial charge on any atom is -0.318 e. The lowest BCUT2D eigenvalue weighted by Crippen LogP contribution is -2.39. The molecule has 6 heteroatoms. The summed E-state index contributed by atoms with van der Waals surface area (Å²) in [6, 6.07) is 25.7. The van der Waals surface area contributed by atoms with E-state index in [0.717, 1.165) is 33.8 Å². The lowest BCUT2D eigenvalue weighted by atomic mass is 10.1. The molecule has 1 atom stereocenters. The molecule has 0 aliphatic carbocycles. The second-order valence-corrected chi connectivity index (χ2v) is 9.48. The van der Waals surface area contributed by atoms with Gasteiger partial charge in [-0.3, -0.25) is 9.59 Å². The number of amides is 2. The first-order valence-corrected chi connectivity index (χ1v) is 12.1. The van der Waals surface area contributed by atoms with E-state index >= 15 is 0 Å². The van der Waals surface area contributed by atoms with Gasteiger partial charge in [-0.2, -0.15) is 0 Å². The van der Waals surface area contributed by atoms with Crippen LogP contribution in [0.2, 0.25) is 0 Å². The molecule has 0 radical (unpaired) electrons. The first kappa shape index (κ1) is 22.8. The minimum atomic E-state index is -0.0903. The van der Waals surface area contributed by atoms with Crippen LogP contribution < -0.4 is 9.80 Å². The number of carbonyl (C=O) groups is 2. The van der Waals surface area contributed by atoms with Crippen LogP contribution in [0, 0.1) is 6.92 Å². The number of nitrogens with zero attached hydrogens (tertiary/aromatic N) is 4. The Hall–Kier alpha value is -3.93. The summed E-state index contributed by atoms with van der Waals surface area (Å²) in [6.07, 6.45) is 0.373. The Morgan fingerprint density at radius 2 is 1.77 bits per heavy atom. The standard InChI is InChI=1S/C29H30N4O2/c1-20(2)33(23-11-5-4-6-12-23)28(35)19-32-26-15-8-7-14-25(26)30-29(32)22-17-27(34)31(18-22)24-13-9-10-21(3)16-24/h4-16,20,22H,17-19H2,1-3H3/t22-/m0/s1. The average molecular weight is 467 g/mol. The Morgan fingerprint density at radius 1 is 1.03 bits per heavy atom. The predicted molar refractivity (Wildman–Crippen MR) is 140 cm³/mol. The highest BCUT2D eigenvalue weighted by Crippen LogP contribution is 2.33. The fourth-order valence-electron chi connectivity index (χ4n) is 5.03. The first-order chi connectivity index (χ1) is 16.9. The average Bonchev–Trinajstić information content (AvgIpc) is 3.40. The Kier molecular flexibility index (Phi) is 6.12. The molecule has 0 saturated carbocycles. The van der Waals surface area contributed by atoms with Crippen LogP contribution in [-0.4, -0.2) is 34.0 Å². The van der Waals surface area contributed by atoms with E-state index in [4.69, 9.17) is 4.98 Å². The number of hydrogen-bond acceptors (Lipinski definition) is 3. The molecule has 1 aliphatic heterocycles. The van der Waals surface area contributed by atoms with Gasteiger partial charge in [-0.1, -0.05) is 42.5 Å². The summed E-state index contributed by atoms with van der Waals surface area (Å²) < 4.78 is 2.01. The fraction of sp³-hybridized carbons (Fsp3) is 0.276. The molecule has 35 heavy (non-hydrogen) atoms. The molecule has 5 rings (SSSR count). The minimum absolute atomic E-state index is 0.00420. The molecule has 2 amide bonds. The van der Waals surface area contributed by atoms with Crippen LogP contribution in [0.5, 0.6) is 0 Å². The summed E-state index contributed by atoms with van der Waals surface area (Å²) in [7, 11) is 0. The summed E-state index contributed by atoms with van der Waals surface area (Å²) in [5.74, 6) is 0.779. The van der Waals surface area contributed by atoms with Crippen LogP contribution in [0.4, 0.5) is 11.4 Å². The predicted octanol–water partition coefficient (Wildman–Crippen LogP) is 5.31. The highest BCUT2D eigenvalue weighted by atomic mass is 16.2. The van der Waals surface area contributed by atoms with Crippen molar-refractivity contribution in [3.05, 3.63) is 90.3 Å². The molecule has 1 fully saturated rings. The van der Waals surface area contributed by atoms with Crippen LogP contribution in [0.3, 0.4) is 0 Å². The van der Waals surface area contributed by atoms with Gasteiger partial charge in [-0.05, 0) is 62.7 Å². The molecule has 3 aromatic carbocycles. The molecular formula is C29H30N4O2. The van der Waals surface area contributed by atoms with Crippen molar-refractivity contribution in [1.29, 1.82) is 0 Å². The number of benzene rings is 3. The molecule has 1 saturated heterocycles. The van der Waals surface area contributed by atoms with Gasteiger partial charge in [0.2, 0.25) is 11.8 Å². The SMILES string of the molecule is Cc1cccc(N2C[C@@H](c3nc4ccccc4n3CC(=O)N(c3ccccc3)C(C)C)CC2=O)c1. The second kappa shape index (κ2) is 9.37. The van der Waals surface area contributed by atoms with Gasteiger partial charge in [0, 0.05) is 36.3 Å². The van der Waals surface area contributed by atoms with Crippen LogP contribution in [0.15, 0.2) is 78.9 Å². The van der Waals surface area contributed by atoms with Crippen molar-refractivity contribution in [3.63, 3.8) is 0 Å². The molecule has 0 N–H and O–H groups in total. The van der Waals surface area contributed by atoms with E-state index < -0.39 is 0 Å². The van der Waals surface area contributed by atoms with Crippen LogP contribution in [0.25, 0.3) is 11.0 Å². The zero-order valence-corrected chi connectivity index (χ0v) is 20.4. The fourth-order valence-corrected chi connectivity index (χ4v) is 5.03. The maximum absolute atomic E-state index is 13.7. The summed E-state index contributed by atoms with van der Waals surface area (Å²) in [5, 5.41) is 0. The third-order valence-corrected chi connectivity index (χ3v) is 6.60. The van der Waals surface area contributed by atoms with Crippen molar-refractivity contribution < 1.29 is 9.59 Å². The summed E-state index contributed by atoms with van der Waals surface area (Å²) in [6.45, 7) is 6.78. The molecule has 0 spiro atoms. The highest BCUT2D eigenvalue weighted by molar-refractivity contribution is 5.97. The summed E-state index contributed by atoms with van der Waals surface area (Å²) in [4.78, 5) is 35.3. The zero-order valence-electron chi connectivity index (χ0n) is 20.4. The van der Waals surface area contributed by atoms with Gasteiger partial charge in [0.05, 0.1) is 11.0 Å². The molecule has 2 heterocycles. The molecule has 0 unspecified atom stereocenters. The molecule has 6 nitrogen and oxygen atoms in total. The maximum atomic E-state index is 13.7. The number of hydrogen-bond donors (Lipinski definition) is 0. The quantitative estimate of drug-likeness (QED) is 0.387. The van der Waals surface area contributed by atoms with E-state index in [0.29, 0.717) is 13.0 Å². The number of aromatic nitrogens is 2. The van der Waals surface area contributed by atoms with Crippen LogP contribution >= 0.6 is 0 Å². The Balaban J connectivity index is 1.50. The maximum Gasteiger partial charge on any atom is 0.247 e. The largest absolute Gasteiger partial charge is 0.318 e. The van der Waals surface area contributed by atoms with Crippen LogP contribution in [0.1, 0.15) is 37.6 Å². The Labute approximate surface area is 205 Å². The van der Waals surface area contributed by atoms with Gasteiger partial charge in [0.1, 0.15) is 12.4 Å². The number of para-hydroxylation sites is 3. The molecule has 1 aromatic heterocycles. The van der Waals surface area contributed by atoms with E-state index in [-0.39, 0.29) is 30.3 Å². The van der Waals surface area contributed by atoms with Gasteiger partial charge in [0.25, 0.3) is 0 Å². The lowest BCUT2D eigenvalue weighted by Gasteiger charge is -2.27. The number of imidazole rings is 1. The number of anilines is 2. The zero-order chi connectivity index (χ0) is 24.5. The Bertz CT molecular complexity index is 1380. The first-order valence-electron chi connectivity index (χ1n) is 12.1. The van der Waals surface area contributed by atoms with Gasteiger partial charge in [-0.25, -0.2) is 4.98 Å². The van der Waals surface area contributed by atoms with Gasteiger partial charge in [0.15, 0.2) is 0 Å². The van der Waals surface area contributed by atoms with Gasteiger partial charge in [-0.15, -0.1) is 0 Å². The normalized spacial score (nSPS) is 15.8. The topological polar surface area (TPSA) is 58.4 Å². The summed E-state index contributed by atoms with van der Waals surface area (Å²) in [5.41, 5.74) is 4.65. The van der Waals surface area contributed by atoms with E-state index in [1.165, 1.54) is 0 Å². The van der Waals surface area contributed by atoms with Gasteiger partial charge < -0.3 is 14.4 Å². The Morgan fingerprint density at radius 3 is 2.51 bits per heavy atom. The lowest BCUT2D eigenvalue weighted by molar-refractivity contribution is -0.119. The van der Waals surface area contributed by atoms with Crippen molar-refractivity contribution in [3.8, 4) is 0 Å². The van der Waals surface area contributed by atoms with E-state index in [1.807, 2.05) is 114 Å². The number of fused-ring (bicyclic) bond motifs is 1. The van der Waals surface area contributed by atoms with Crippen molar-refractivity contribution >= 4 is 34.2 Å². The second-order valence-electron chi connectivity index (χ2n) is 9.48. The number of aryl methyl sites for hydroxylation is 1. The van der Waals surface area contributed by atoms with Gasteiger partial charge >= 0.3 is 0 Å².